The van der Waals surface area contributed by atoms with Gasteiger partial charge in [-0.05, 0) is 24.6 Å². The van der Waals surface area contributed by atoms with Crippen LogP contribution < -0.4 is 21.3 Å². The van der Waals surface area contributed by atoms with Crippen molar-refractivity contribution in [2.45, 2.75) is 25.0 Å². The Morgan fingerprint density at radius 1 is 1.43 bits per heavy atom. The molecule has 3 amide bonds. The number of nitrogens with zero attached hydrogens (tertiary/aromatic N) is 4. The molecule has 2 aromatic rings. The van der Waals surface area contributed by atoms with Crippen LogP contribution in [-0.4, -0.2) is 46.6 Å². The van der Waals surface area contributed by atoms with E-state index < -0.39 is 6.03 Å². The predicted octanol–water partition coefficient (Wildman–Crippen LogP) is 0.542. The number of rotatable bonds is 5. The van der Waals surface area contributed by atoms with E-state index in [1.54, 1.807) is 42.2 Å². The Hall–Kier alpha value is -3.16. The maximum absolute atomic E-state index is 12.0. The lowest BCUT2D eigenvalue weighted by molar-refractivity contribution is -0.122. The third-order valence-corrected chi connectivity index (χ3v) is 4.28. The van der Waals surface area contributed by atoms with Gasteiger partial charge in [0.05, 0.1) is 36.5 Å². The second-order valence-electron chi connectivity index (χ2n) is 6.15. The molecule has 0 bridgehead atoms. The zero-order valence-electron chi connectivity index (χ0n) is 15.2. The molecule has 2 heterocycles. The van der Waals surface area contributed by atoms with E-state index in [0.29, 0.717) is 29.9 Å². The lowest BCUT2D eigenvalue weighted by atomic mass is 10.1. The van der Waals surface area contributed by atoms with Crippen molar-refractivity contribution in [3.63, 3.8) is 0 Å². The molecule has 2 atom stereocenters. The van der Waals surface area contributed by atoms with Crippen LogP contribution in [0.3, 0.4) is 0 Å². The minimum Gasteiger partial charge on any atom is -0.358 e. The lowest BCUT2D eigenvalue weighted by Crippen LogP contribution is -2.38. The highest BCUT2D eigenvalue weighted by Crippen LogP contribution is 2.19. The molecule has 0 saturated carbocycles. The number of benzene rings is 1. The highest BCUT2D eigenvalue weighted by Gasteiger charge is 2.30. The van der Waals surface area contributed by atoms with Gasteiger partial charge >= 0.3 is 6.03 Å². The average molecular weight is 405 g/mol. The van der Waals surface area contributed by atoms with Crippen molar-refractivity contribution in [2.75, 3.05) is 18.9 Å². The van der Waals surface area contributed by atoms with Crippen molar-refractivity contribution in [1.82, 2.24) is 30.9 Å². The number of hydrogen-bond donors (Lipinski definition) is 4. The smallest absolute Gasteiger partial charge is 0.319 e. The maximum atomic E-state index is 12.0. The van der Waals surface area contributed by atoms with Crippen molar-refractivity contribution in [2.24, 2.45) is 0 Å². The normalized spacial score (nSPS) is 17.9. The molecule has 11 heteroatoms. The summed E-state index contributed by atoms with van der Waals surface area (Å²) in [6.07, 6.45) is 2.39. The number of hydrogen-bond acceptors (Lipinski definition) is 6. The number of nitriles is 1. The van der Waals surface area contributed by atoms with Crippen LogP contribution in [0.2, 0.25) is 0 Å². The topological polar surface area (TPSA) is 137 Å². The van der Waals surface area contributed by atoms with E-state index in [-0.39, 0.29) is 36.9 Å². The summed E-state index contributed by atoms with van der Waals surface area (Å²) in [6, 6.07) is 8.07. The molecule has 10 nitrogen and oxygen atoms in total. The summed E-state index contributed by atoms with van der Waals surface area (Å²) in [5.74, 6) is -0.0448. The molecule has 0 spiro atoms. The first kappa shape index (κ1) is 21.1. The number of halogens is 1. The fourth-order valence-corrected chi connectivity index (χ4v) is 2.88. The predicted molar refractivity (Wildman–Crippen MR) is 104 cm³/mol. The summed E-state index contributed by atoms with van der Waals surface area (Å²) >= 11 is 0. The van der Waals surface area contributed by atoms with Crippen LogP contribution in [0.4, 0.5) is 10.5 Å². The van der Waals surface area contributed by atoms with Crippen molar-refractivity contribution >= 4 is 30.0 Å². The number of aromatic nitrogens is 3. The van der Waals surface area contributed by atoms with Crippen LogP contribution in [-0.2, 0) is 11.3 Å². The molecule has 148 valence electrons. The van der Waals surface area contributed by atoms with Gasteiger partial charge in [-0.15, -0.1) is 17.5 Å². The van der Waals surface area contributed by atoms with Gasteiger partial charge < -0.3 is 21.3 Å². The maximum Gasteiger partial charge on any atom is 0.319 e. The molecule has 4 N–H and O–H groups in total. The van der Waals surface area contributed by atoms with E-state index in [9.17, 15) is 9.59 Å². The van der Waals surface area contributed by atoms with Gasteiger partial charge in [0, 0.05) is 19.3 Å². The Balaban J connectivity index is 0.00000280. The van der Waals surface area contributed by atoms with E-state index in [1.165, 1.54) is 0 Å². The number of nitrogens with one attached hydrogen (secondary N) is 4. The first-order valence-corrected chi connectivity index (χ1v) is 8.49. The zero-order chi connectivity index (χ0) is 19.2. The van der Waals surface area contributed by atoms with Gasteiger partial charge in [-0.3, -0.25) is 4.79 Å². The Bertz CT molecular complexity index is 878. The van der Waals surface area contributed by atoms with E-state index in [4.69, 9.17) is 5.26 Å². The second kappa shape index (κ2) is 9.68. The second-order valence-corrected chi connectivity index (χ2v) is 6.15. The molecule has 1 aliphatic heterocycles. The minimum atomic E-state index is -0.401. The van der Waals surface area contributed by atoms with Crippen molar-refractivity contribution in [3.8, 4) is 6.07 Å². The standard InChI is InChI=1S/C17H20N8O2.ClH/c1-19-16(26)15-6-14(9-20-15)25-10-13(23-24-25)8-21-17(27)22-12-4-2-3-11(5-12)7-18;/h2-5,10,14-15,20H,6,8-9H2,1H3,(H,19,26)(H2,21,22,27);1H/t14-,15+;/m1./s1. The first-order chi connectivity index (χ1) is 13.1. The molecule has 1 aromatic carbocycles. The number of anilines is 1. The van der Waals surface area contributed by atoms with Gasteiger partial charge in [0.15, 0.2) is 0 Å². The van der Waals surface area contributed by atoms with Gasteiger partial charge in [-0.2, -0.15) is 5.26 Å². The third kappa shape index (κ3) is 5.18. The largest absolute Gasteiger partial charge is 0.358 e. The summed E-state index contributed by atoms with van der Waals surface area (Å²) in [5, 5.41) is 28.2. The van der Waals surface area contributed by atoms with Crippen LogP contribution >= 0.6 is 12.4 Å². The van der Waals surface area contributed by atoms with Crippen LogP contribution in [0.25, 0.3) is 0 Å². The Morgan fingerprint density at radius 2 is 2.25 bits per heavy atom. The van der Waals surface area contributed by atoms with E-state index in [2.05, 4.69) is 31.6 Å². The number of carbonyl (C=O) groups is 2. The number of likely N-dealkylation sites (N-methyl/N-ethyl adjacent to an activating group) is 1. The Kier molecular flexibility index (Phi) is 7.31. The van der Waals surface area contributed by atoms with Gasteiger partial charge in [-0.25, -0.2) is 9.48 Å². The quantitative estimate of drug-likeness (QED) is 0.574. The van der Waals surface area contributed by atoms with E-state index >= 15 is 0 Å². The number of urea groups is 1. The SMILES string of the molecule is CNC(=O)[C@@H]1C[C@@H](n2cc(CNC(=O)Nc3cccc(C#N)c3)nn2)CN1.Cl. The number of carbonyl (C=O) groups excluding carboxylic acids is 2. The van der Waals surface area contributed by atoms with Crippen molar-refractivity contribution < 1.29 is 9.59 Å². The van der Waals surface area contributed by atoms with Gasteiger partial charge in [0.25, 0.3) is 0 Å². The third-order valence-electron chi connectivity index (χ3n) is 4.28. The van der Waals surface area contributed by atoms with Crippen LogP contribution in [0.5, 0.6) is 0 Å². The van der Waals surface area contributed by atoms with Gasteiger partial charge in [0.2, 0.25) is 5.91 Å². The van der Waals surface area contributed by atoms with Crippen LogP contribution in [0.1, 0.15) is 23.7 Å². The summed E-state index contributed by atoms with van der Waals surface area (Å²) < 4.78 is 1.71. The molecule has 1 fully saturated rings. The average Bonchev–Trinajstić information content (AvgIpc) is 3.35. The summed E-state index contributed by atoms with van der Waals surface area (Å²) in [6.45, 7) is 0.840. The Morgan fingerprint density at radius 3 is 3.00 bits per heavy atom. The fourth-order valence-electron chi connectivity index (χ4n) is 2.88. The van der Waals surface area contributed by atoms with Crippen LogP contribution in [0, 0.1) is 11.3 Å². The van der Waals surface area contributed by atoms with Gasteiger partial charge in [0.1, 0.15) is 5.69 Å². The van der Waals surface area contributed by atoms with Crippen molar-refractivity contribution in [1.29, 1.82) is 5.26 Å². The summed E-state index contributed by atoms with van der Waals surface area (Å²) in [5.41, 5.74) is 1.61. The molecule has 1 aromatic heterocycles. The zero-order valence-corrected chi connectivity index (χ0v) is 16.0. The van der Waals surface area contributed by atoms with Gasteiger partial charge in [-0.1, -0.05) is 11.3 Å². The molecule has 1 aliphatic rings. The molecular formula is C17H21ClN8O2. The lowest BCUT2D eigenvalue weighted by Gasteiger charge is -2.09. The van der Waals surface area contributed by atoms with Crippen LogP contribution in [0.15, 0.2) is 30.5 Å². The highest BCUT2D eigenvalue weighted by atomic mass is 35.5. The first-order valence-electron chi connectivity index (χ1n) is 8.49. The summed E-state index contributed by atoms with van der Waals surface area (Å²) in [7, 11) is 1.61. The fraction of sp³-hybridized carbons (Fsp3) is 0.353. The van der Waals surface area contributed by atoms with Crippen molar-refractivity contribution in [3.05, 3.63) is 41.7 Å². The molecule has 0 unspecified atom stereocenters. The molecule has 1 saturated heterocycles. The molecule has 28 heavy (non-hydrogen) atoms. The number of amides is 3. The monoisotopic (exact) mass is 404 g/mol. The Labute approximate surface area is 168 Å². The van der Waals surface area contributed by atoms with E-state index in [1.807, 2.05) is 6.07 Å². The highest BCUT2D eigenvalue weighted by molar-refractivity contribution is 5.89. The molecule has 3 rings (SSSR count). The molecular weight excluding hydrogens is 384 g/mol. The molecule has 0 aliphatic carbocycles. The van der Waals surface area contributed by atoms with E-state index in [0.717, 1.165) is 0 Å². The summed E-state index contributed by atoms with van der Waals surface area (Å²) in [4.78, 5) is 23.7. The minimum absolute atomic E-state index is 0. The molecule has 0 radical (unpaired) electrons.